The number of nitrogens with zero attached hydrogens (tertiary/aromatic N) is 2. The summed E-state index contributed by atoms with van der Waals surface area (Å²) in [6, 6.07) is 74.7. The summed E-state index contributed by atoms with van der Waals surface area (Å²) in [5.41, 5.74) is 9.60. The number of rotatable bonds is 5. The highest BCUT2D eigenvalue weighted by molar-refractivity contribution is 6.37. The third-order valence-corrected chi connectivity index (χ3v) is 12.0. The zero-order valence-electron chi connectivity index (χ0n) is 31.5. The van der Waals surface area contributed by atoms with Crippen LogP contribution in [0.5, 0.6) is 0 Å². The van der Waals surface area contributed by atoms with E-state index in [2.05, 4.69) is 182 Å². The normalized spacial score (nSPS) is 11.8. The standard InChI is InChI=1S/C56H34N2/c1-3-10-35(11-4-1)36-20-24-38(25-21-36)50-34-51(58-56(57-50)43-12-5-2-6-13-43)39-26-22-37(23-27-39)45-32-44-31-30-42-15-8-18-47-46-17-7-14-40-28-29-41-16-9-19-48(54(41)52(40)46)49(33-45)55(44)53(42)47/h1-34H. The van der Waals surface area contributed by atoms with E-state index in [4.69, 9.17) is 9.97 Å². The highest BCUT2D eigenvalue weighted by atomic mass is 14.9. The molecule has 11 aromatic carbocycles. The molecule has 0 unspecified atom stereocenters. The van der Waals surface area contributed by atoms with Gasteiger partial charge in [0.05, 0.1) is 11.4 Å². The summed E-state index contributed by atoms with van der Waals surface area (Å²) in [7, 11) is 0. The van der Waals surface area contributed by atoms with Crippen LogP contribution in [-0.4, -0.2) is 9.97 Å². The third-order valence-electron chi connectivity index (χ3n) is 12.0. The van der Waals surface area contributed by atoms with Gasteiger partial charge in [-0.2, -0.15) is 0 Å². The molecule has 2 heteroatoms. The molecule has 0 N–H and O–H groups in total. The largest absolute Gasteiger partial charge is 0.228 e. The molecule has 0 amide bonds. The van der Waals surface area contributed by atoms with Gasteiger partial charge in [0, 0.05) is 16.7 Å². The molecule has 0 bridgehead atoms. The minimum atomic E-state index is 0.710. The van der Waals surface area contributed by atoms with Crippen molar-refractivity contribution in [3.63, 3.8) is 0 Å². The average Bonchev–Trinajstić information content (AvgIpc) is 3.30. The molecule has 0 fully saturated rings. The average molecular weight is 735 g/mol. The molecule has 0 saturated carbocycles. The maximum absolute atomic E-state index is 5.14. The van der Waals surface area contributed by atoms with Crippen LogP contribution >= 0.6 is 0 Å². The molecular formula is C56H34N2. The van der Waals surface area contributed by atoms with Crippen molar-refractivity contribution in [3.8, 4) is 56.2 Å². The molecule has 0 radical (unpaired) electrons. The topological polar surface area (TPSA) is 25.8 Å². The fraction of sp³-hybridized carbons (Fsp3) is 0. The van der Waals surface area contributed by atoms with Crippen LogP contribution in [0.25, 0.3) is 121 Å². The Morgan fingerprint density at radius 2 is 0.621 bits per heavy atom. The van der Waals surface area contributed by atoms with E-state index in [-0.39, 0.29) is 0 Å². The van der Waals surface area contributed by atoms with E-state index in [0.717, 1.165) is 33.6 Å². The van der Waals surface area contributed by atoms with Crippen LogP contribution in [0.1, 0.15) is 0 Å². The molecule has 0 aliphatic heterocycles. The van der Waals surface area contributed by atoms with Crippen molar-refractivity contribution in [1.82, 2.24) is 9.97 Å². The first-order valence-electron chi connectivity index (χ1n) is 19.9. The molecule has 1 aromatic heterocycles. The molecule has 12 aromatic rings. The maximum atomic E-state index is 5.14. The molecule has 58 heavy (non-hydrogen) atoms. The lowest BCUT2D eigenvalue weighted by atomic mass is 9.86. The van der Waals surface area contributed by atoms with Crippen molar-refractivity contribution in [3.05, 3.63) is 206 Å². The quantitative estimate of drug-likeness (QED) is 0.165. The second-order valence-electron chi connectivity index (χ2n) is 15.3. The SMILES string of the molecule is c1ccc(-c2ccc(-c3cc(-c4ccc(-c5cc6ccc7cccc8c9cccc%10ccc%11cccc(c(c5)c6c78)c%11c%109)cc4)nc(-c4ccccc4)n3)cc2)cc1. The van der Waals surface area contributed by atoms with Crippen LogP contribution in [0.2, 0.25) is 0 Å². The predicted octanol–water partition coefficient (Wildman–Crippen LogP) is 15.2. The van der Waals surface area contributed by atoms with Crippen molar-refractivity contribution < 1.29 is 0 Å². The monoisotopic (exact) mass is 734 g/mol. The number of hydrogen-bond donors (Lipinski definition) is 0. The minimum absolute atomic E-state index is 0.710. The molecule has 0 aliphatic rings. The van der Waals surface area contributed by atoms with Crippen LogP contribution in [-0.2, 0) is 0 Å². The Bertz CT molecular complexity index is 3510. The Morgan fingerprint density at radius 3 is 1.14 bits per heavy atom. The Balaban J connectivity index is 1.03. The van der Waals surface area contributed by atoms with Crippen LogP contribution in [0, 0.1) is 0 Å². The summed E-state index contributed by atoms with van der Waals surface area (Å²) in [6.07, 6.45) is 0. The molecule has 268 valence electrons. The number of benzene rings is 10. The van der Waals surface area contributed by atoms with Gasteiger partial charge in [-0.1, -0.05) is 188 Å². The summed E-state index contributed by atoms with van der Waals surface area (Å²) >= 11 is 0. The molecule has 0 saturated heterocycles. The van der Waals surface area contributed by atoms with Gasteiger partial charge in [-0.15, -0.1) is 0 Å². The first-order valence-corrected chi connectivity index (χ1v) is 19.9. The van der Waals surface area contributed by atoms with Crippen LogP contribution < -0.4 is 0 Å². The lowest BCUT2D eigenvalue weighted by Crippen LogP contribution is -1.96. The highest BCUT2D eigenvalue weighted by Gasteiger charge is 2.17. The fourth-order valence-electron chi connectivity index (χ4n) is 9.21. The summed E-state index contributed by atoms with van der Waals surface area (Å²) in [6.45, 7) is 0. The Hall–Kier alpha value is -7.68. The first-order chi connectivity index (χ1) is 28.7. The second kappa shape index (κ2) is 12.9. The van der Waals surface area contributed by atoms with Crippen LogP contribution in [0.3, 0.4) is 0 Å². The van der Waals surface area contributed by atoms with Gasteiger partial charge in [0.2, 0.25) is 0 Å². The lowest BCUT2D eigenvalue weighted by Gasteiger charge is -2.17. The minimum Gasteiger partial charge on any atom is -0.228 e. The van der Waals surface area contributed by atoms with Crippen molar-refractivity contribution >= 4 is 64.6 Å². The van der Waals surface area contributed by atoms with E-state index in [1.807, 2.05) is 24.3 Å². The van der Waals surface area contributed by atoms with Gasteiger partial charge in [-0.3, -0.25) is 0 Å². The summed E-state index contributed by atoms with van der Waals surface area (Å²) in [4.78, 5) is 10.2. The van der Waals surface area contributed by atoms with Gasteiger partial charge < -0.3 is 0 Å². The number of aromatic nitrogens is 2. The first kappa shape index (κ1) is 32.6. The second-order valence-corrected chi connectivity index (χ2v) is 15.3. The van der Waals surface area contributed by atoms with Crippen molar-refractivity contribution in [1.29, 1.82) is 0 Å². The zero-order chi connectivity index (χ0) is 38.2. The van der Waals surface area contributed by atoms with Crippen molar-refractivity contribution in [2.24, 2.45) is 0 Å². The van der Waals surface area contributed by atoms with E-state index in [0.29, 0.717) is 5.82 Å². The predicted molar refractivity (Wildman–Crippen MR) is 245 cm³/mol. The fourth-order valence-corrected chi connectivity index (χ4v) is 9.21. The van der Waals surface area contributed by atoms with Gasteiger partial charge in [0.1, 0.15) is 0 Å². The number of hydrogen-bond acceptors (Lipinski definition) is 2. The molecule has 0 spiro atoms. The van der Waals surface area contributed by atoms with Gasteiger partial charge >= 0.3 is 0 Å². The third kappa shape index (κ3) is 5.19. The molecule has 1 heterocycles. The van der Waals surface area contributed by atoms with E-state index in [1.54, 1.807) is 0 Å². The van der Waals surface area contributed by atoms with Gasteiger partial charge in [-0.05, 0) is 105 Å². The highest BCUT2D eigenvalue weighted by Crippen LogP contribution is 2.44. The Morgan fingerprint density at radius 1 is 0.224 bits per heavy atom. The van der Waals surface area contributed by atoms with Gasteiger partial charge in [0.15, 0.2) is 5.82 Å². The van der Waals surface area contributed by atoms with Crippen molar-refractivity contribution in [2.75, 3.05) is 0 Å². The van der Waals surface area contributed by atoms with E-state index < -0.39 is 0 Å². The van der Waals surface area contributed by atoms with Crippen LogP contribution in [0.4, 0.5) is 0 Å². The van der Waals surface area contributed by atoms with Gasteiger partial charge in [-0.25, -0.2) is 9.97 Å². The lowest BCUT2D eigenvalue weighted by molar-refractivity contribution is 1.18. The Kier molecular flexibility index (Phi) is 7.26. The Labute approximate surface area is 335 Å². The molecule has 0 atom stereocenters. The molecule has 2 nitrogen and oxygen atoms in total. The number of fused-ring (bicyclic) bond motifs is 2. The van der Waals surface area contributed by atoms with Crippen molar-refractivity contribution in [2.45, 2.75) is 0 Å². The van der Waals surface area contributed by atoms with Gasteiger partial charge in [0.25, 0.3) is 0 Å². The molecule has 12 rings (SSSR count). The molecule has 0 aliphatic carbocycles. The zero-order valence-corrected chi connectivity index (χ0v) is 31.5. The molecular weight excluding hydrogens is 701 g/mol. The summed E-state index contributed by atoms with van der Waals surface area (Å²) in [5, 5.41) is 15.4. The van der Waals surface area contributed by atoms with E-state index >= 15 is 0 Å². The van der Waals surface area contributed by atoms with E-state index in [1.165, 1.54) is 81.3 Å². The summed E-state index contributed by atoms with van der Waals surface area (Å²) in [5.74, 6) is 0.710. The summed E-state index contributed by atoms with van der Waals surface area (Å²) < 4.78 is 0. The smallest absolute Gasteiger partial charge is 0.160 e. The van der Waals surface area contributed by atoms with Crippen LogP contribution in [0.15, 0.2) is 206 Å². The maximum Gasteiger partial charge on any atom is 0.160 e. The van der Waals surface area contributed by atoms with E-state index in [9.17, 15) is 0 Å².